The molecule has 17 heavy (non-hydrogen) atoms. The van der Waals surface area contributed by atoms with E-state index in [1.807, 2.05) is 24.3 Å². The number of nitrogens with zero attached hydrogens (tertiary/aromatic N) is 1. The van der Waals surface area contributed by atoms with Crippen molar-refractivity contribution in [1.82, 2.24) is 5.16 Å². The van der Waals surface area contributed by atoms with Crippen LogP contribution in [0.15, 0.2) is 28.8 Å². The SMILES string of the molecule is Nc1onc2c1CCCC2c1ccccc1Cl. The fourth-order valence-electron chi connectivity index (χ4n) is 2.54. The molecule has 1 aromatic carbocycles. The van der Waals surface area contributed by atoms with E-state index in [0.717, 1.165) is 41.1 Å². The molecule has 2 aromatic rings. The van der Waals surface area contributed by atoms with E-state index in [1.165, 1.54) is 0 Å². The Hall–Kier alpha value is -1.48. The molecule has 1 unspecified atom stereocenters. The molecule has 0 saturated carbocycles. The smallest absolute Gasteiger partial charge is 0.225 e. The van der Waals surface area contributed by atoms with Crippen molar-refractivity contribution >= 4 is 17.5 Å². The van der Waals surface area contributed by atoms with Gasteiger partial charge < -0.3 is 10.3 Å². The molecule has 88 valence electrons. The van der Waals surface area contributed by atoms with Crippen molar-refractivity contribution in [2.24, 2.45) is 0 Å². The van der Waals surface area contributed by atoms with E-state index in [0.29, 0.717) is 5.88 Å². The van der Waals surface area contributed by atoms with Gasteiger partial charge in [0.25, 0.3) is 0 Å². The van der Waals surface area contributed by atoms with Crippen molar-refractivity contribution in [1.29, 1.82) is 0 Å². The maximum atomic E-state index is 6.24. The fourth-order valence-corrected chi connectivity index (χ4v) is 2.81. The van der Waals surface area contributed by atoms with Crippen molar-refractivity contribution < 1.29 is 4.52 Å². The van der Waals surface area contributed by atoms with Gasteiger partial charge in [-0.05, 0) is 30.9 Å². The molecule has 0 fully saturated rings. The van der Waals surface area contributed by atoms with Gasteiger partial charge in [-0.25, -0.2) is 0 Å². The summed E-state index contributed by atoms with van der Waals surface area (Å²) in [5.74, 6) is 0.672. The standard InChI is InChI=1S/C13H13ClN2O/c14-11-7-2-1-4-8(11)9-5-3-6-10-12(9)16-17-13(10)15/h1-2,4,7,9H,3,5-6,15H2. The zero-order chi connectivity index (χ0) is 11.8. The van der Waals surface area contributed by atoms with Crippen LogP contribution >= 0.6 is 11.6 Å². The summed E-state index contributed by atoms with van der Waals surface area (Å²) in [6.07, 6.45) is 3.09. The van der Waals surface area contributed by atoms with E-state index in [1.54, 1.807) is 0 Å². The first kappa shape index (κ1) is 10.7. The number of benzene rings is 1. The minimum atomic E-state index is 0.216. The van der Waals surface area contributed by atoms with Crippen LogP contribution in [-0.2, 0) is 6.42 Å². The van der Waals surface area contributed by atoms with Gasteiger partial charge in [-0.3, -0.25) is 0 Å². The lowest BCUT2D eigenvalue weighted by molar-refractivity contribution is 0.422. The first-order valence-corrected chi connectivity index (χ1v) is 6.13. The number of aromatic nitrogens is 1. The van der Waals surface area contributed by atoms with Gasteiger partial charge in [-0.2, -0.15) is 0 Å². The number of halogens is 1. The van der Waals surface area contributed by atoms with Crippen LogP contribution < -0.4 is 5.73 Å². The van der Waals surface area contributed by atoms with E-state index < -0.39 is 0 Å². The molecule has 0 aliphatic heterocycles. The minimum Gasteiger partial charge on any atom is -0.367 e. The predicted octanol–water partition coefficient (Wildman–Crippen LogP) is 3.38. The average molecular weight is 249 g/mol. The number of rotatable bonds is 1. The summed E-state index contributed by atoms with van der Waals surface area (Å²) < 4.78 is 5.09. The fraction of sp³-hybridized carbons (Fsp3) is 0.308. The van der Waals surface area contributed by atoms with Crippen LogP contribution in [0.25, 0.3) is 0 Å². The van der Waals surface area contributed by atoms with E-state index >= 15 is 0 Å². The van der Waals surface area contributed by atoms with E-state index in [9.17, 15) is 0 Å². The summed E-state index contributed by atoms with van der Waals surface area (Å²) >= 11 is 6.24. The molecule has 2 N–H and O–H groups in total. The topological polar surface area (TPSA) is 52.0 Å². The Balaban J connectivity index is 2.09. The Bertz CT molecular complexity index is 550. The highest BCUT2D eigenvalue weighted by molar-refractivity contribution is 6.31. The largest absolute Gasteiger partial charge is 0.367 e. The van der Waals surface area contributed by atoms with Crippen molar-refractivity contribution in [3.05, 3.63) is 46.1 Å². The summed E-state index contributed by atoms with van der Waals surface area (Å²) in [4.78, 5) is 0. The van der Waals surface area contributed by atoms with Crippen LogP contribution in [-0.4, -0.2) is 5.16 Å². The summed E-state index contributed by atoms with van der Waals surface area (Å²) in [6.45, 7) is 0. The van der Waals surface area contributed by atoms with Gasteiger partial charge in [0.05, 0.1) is 5.69 Å². The summed E-state index contributed by atoms with van der Waals surface area (Å²) in [7, 11) is 0. The predicted molar refractivity (Wildman–Crippen MR) is 67.1 cm³/mol. The molecular formula is C13H13ClN2O. The third-order valence-electron chi connectivity index (χ3n) is 3.38. The van der Waals surface area contributed by atoms with E-state index in [-0.39, 0.29) is 5.92 Å². The van der Waals surface area contributed by atoms with Crippen LogP contribution in [0.1, 0.15) is 35.6 Å². The van der Waals surface area contributed by atoms with Crippen LogP contribution in [0, 0.1) is 0 Å². The highest BCUT2D eigenvalue weighted by Gasteiger charge is 2.28. The van der Waals surface area contributed by atoms with Crippen LogP contribution in [0.2, 0.25) is 5.02 Å². The molecule has 1 aliphatic carbocycles. The van der Waals surface area contributed by atoms with Gasteiger partial charge in [0.15, 0.2) is 0 Å². The molecule has 0 saturated heterocycles. The average Bonchev–Trinajstić information content (AvgIpc) is 2.72. The number of nitrogens with two attached hydrogens (primary N) is 1. The van der Waals surface area contributed by atoms with E-state index in [2.05, 4.69) is 5.16 Å². The first-order chi connectivity index (χ1) is 8.27. The second-order valence-corrected chi connectivity index (χ2v) is 4.78. The molecule has 1 aliphatic rings. The Kier molecular flexibility index (Phi) is 2.56. The Morgan fingerprint density at radius 3 is 3.00 bits per heavy atom. The molecule has 4 heteroatoms. The van der Waals surface area contributed by atoms with E-state index in [4.69, 9.17) is 21.9 Å². The van der Waals surface area contributed by atoms with Crippen molar-refractivity contribution in [3.8, 4) is 0 Å². The summed E-state index contributed by atoms with van der Waals surface area (Å²) in [6, 6.07) is 7.90. The van der Waals surface area contributed by atoms with Gasteiger partial charge in [0.2, 0.25) is 5.88 Å². The lowest BCUT2D eigenvalue weighted by Crippen LogP contribution is -2.11. The molecule has 1 atom stereocenters. The monoisotopic (exact) mass is 248 g/mol. The summed E-state index contributed by atoms with van der Waals surface area (Å²) in [5.41, 5.74) is 8.91. The Morgan fingerprint density at radius 2 is 2.18 bits per heavy atom. The minimum absolute atomic E-state index is 0.216. The van der Waals surface area contributed by atoms with Crippen molar-refractivity contribution in [2.75, 3.05) is 5.73 Å². The summed E-state index contributed by atoms with van der Waals surface area (Å²) in [5, 5.41) is 4.88. The van der Waals surface area contributed by atoms with Crippen LogP contribution in [0.4, 0.5) is 5.88 Å². The lowest BCUT2D eigenvalue weighted by Gasteiger charge is -2.21. The van der Waals surface area contributed by atoms with Gasteiger partial charge in [-0.1, -0.05) is 35.0 Å². The van der Waals surface area contributed by atoms with Crippen LogP contribution in [0.3, 0.4) is 0 Å². The normalized spacial score (nSPS) is 19.0. The number of anilines is 1. The van der Waals surface area contributed by atoms with Gasteiger partial charge in [0, 0.05) is 16.5 Å². The Labute approximate surface area is 105 Å². The van der Waals surface area contributed by atoms with Crippen molar-refractivity contribution in [3.63, 3.8) is 0 Å². The van der Waals surface area contributed by atoms with Crippen molar-refractivity contribution in [2.45, 2.75) is 25.2 Å². The zero-order valence-electron chi connectivity index (χ0n) is 9.32. The third-order valence-corrected chi connectivity index (χ3v) is 3.72. The highest BCUT2D eigenvalue weighted by Crippen LogP contribution is 2.40. The molecule has 0 bridgehead atoms. The van der Waals surface area contributed by atoms with Gasteiger partial charge >= 0.3 is 0 Å². The maximum Gasteiger partial charge on any atom is 0.225 e. The maximum absolute atomic E-state index is 6.24. The highest BCUT2D eigenvalue weighted by atomic mass is 35.5. The molecule has 1 heterocycles. The van der Waals surface area contributed by atoms with Gasteiger partial charge in [0.1, 0.15) is 0 Å². The first-order valence-electron chi connectivity index (χ1n) is 5.75. The lowest BCUT2D eigenvalue weighted by atomic mass is 9.83. The zero-order valence-corrected chi connectivity index (χ0v) is 10.1. The van der Waals surface area contributed by atoms with Crippen LogP contribution in [0.5, 0.6) is 0 Å². The number of hydrogen-bond donors (Lipinski definition) is 1. The number of hydrogen-bond acceptors (Lipinski definition) is 3. The quantitative estimate of drug-likeness (QED) is 0.842. The molecule has 3 rings (SSSR count). The van der Waals surface area contributed by atoms with Gasteiger partial charge in [-0.15, -0.1) is 0 Å². The Morgan fingerprint density at radius 1 is 1.35 bits per heavy atom. The second kappa shape index (κ2) is 4.08. The molecular weight excluding hydrogens is 236 g/mol. The molecule has 1 aromatic heterocycles. The number of nitrogen functional groups attached to an aromatic ring is 1. The molecule has 0 radical (unpaired) electrons. The second-order valence-electron chi connectivity index (χ2n) is 4.38. The number of fused-ring (bicyclic) bond motifs is 1. The molecule has 0 spiro atoms. The third kappa shape index (κ3) is 1.71. The molecule has 0 amide bonds. The molecule has 3 nitrogen and oxygen atoms in total.